The van der Waals surface area contributed by atoms with Crippen LogP contribution in [0.15, 0.2) is 10.7 Å². The lowest BCUT2D eigenvalue weighted by Crippen LogP contribution is -1.93. The Balaban J connectivity index is 3.43. The second-order valence-electron chi connectivity index (χ2n) is 2.15. The lowest BCUT2D eigenvalue weighted by molar-refractivity contribution is -0.386. The summed E-state index contributed by atoms with van der Waals surface area (Å²) in [6.07, 6.45) is 1.28. The Morgan fingerprint density at radius 1 is 1.75 bits per heavy atom. The number of hydrogen-bond donors (Lipinski definition) is 1. The van der Waals surface area contributed by atoms with Gasteiger partial charge < -0.3 is 5.11 Å². The molecule has 0 unspecified atom stereocenters. The molecule has 0 bridgehead atoms. The molecular weight excluding hydrogens is 228 g/mol. The molecule has 6 heteroatoms. The van der Waals surface area contributed by atoms with E-state index in [1.807, 2.05) is 0 Å². The molecule has 1 heterocycles. The van der Waals surface area contributed by atoms with E-state index in [2.05, 4.69) is 20.9 Å². The Morgan fingerprint density at radius 2 is 2.33 bits per heavy atom. The molecule has 0 aliphatic carbocycles. The van der Waals surface area contributed by atoms with E-state index in [1.54, 1.807) is 0 Å². The van der Waals surface area contributed by atoms with E-state index in [0.29, 0.717) is 0 Å². The summed E-state index contributed by atoms with van der Waals surface area (Å²) in [7, 11) is 0. The minimum atomic E-state index is -0.659. The molecular formula is C6H5BrN2O3. The first kappa shape index (κ1) is 8.92. The Hall–Kier alpha value is -1.17. The zero-order valence-electron chi connectivity index (χ0n) is 6.11. The van der Waals surface area contributed by atoms with Gasteiger partial charge in [-0.1, -0.05) is 0 Å². The minimum Gasteiger partial charge on any atom is -0.501 e. The van der Waals surface area contributed by atoms with E-state index in [0.717, 1.165) is 0 Å². The molecule has 0 aromatic carbocycles. The van der Waals surface area contributed by atoms with Gasteiger partial charge in [0.2, 0.25) is 5.75 Å². The van der Waals surface area contributed by atoms with Gasteiger partial charge in [-0.15, -0.1) is 0 Å². The first-order valence-electron chi connectivity index (χ1n) is 3.02. The highest BCUT2D eigenvalue weighted by Gasteiger charge is 2.20. The van der Waals surface area contributed by atoms with E-state index >= 15 is 0 Å². The van der Waals surface area contributed by atoms with Crippen LogP contribution in [0.2, 0.25) is 0 Å². The van der Waals surface area contributed by atoms with Gasteiger partial charge in [-0.2, -0.15) is 0 Å². The van der Waals surface area contributed by atoms with E-state index in [1.165, 1.54) is 13.1 Å². The fourth-order valence-electron chi connectivity index (χ4n) is 0.734. The van der Waals surface area contributed by atoms with Gasteiger partial charge in [-0.3, -0.25) is 15.1 Å². The van der Waals surface area contributed by atoms with Crippen LogP contribution < -0.4 is 0 Å². The summed E-state index contributed by atoms with van der Waals surface area (Å²) in [5.41, 5.74) is -0.104. The average Bonchev–Trinajstić information content (AvgIpc) is 1.97. The van der Waals surface area contributed by atoms with Gasteiger partial charge in [0.15, 0.2) is 0 Å². The van der Waals surface area contributed by atoms with Crippen molar-refractivity contribution in [1.29, 1.82) is 0 Å². The maximum atomic E-state index is 10.4. The number of pyridine rings is 1. The van der Waals surface area contributed by atoms with Crippen LogP contribution in [-0.4, -0.2) is 15.0 Å². The number of hydrogen-bond acceptors (Lipinski definition) is 4. The second kappa shape index (κ2) is 3.06. The first-order chi connectivity index (χ1) is 5.54. The predicted molar refractivity (Wildman–Crippen MR) is 45.0 cm³/mol. The molecule has 0 saturated carbocycles. The quantitative estimate of drug-likeness (QED) is 0.592. The molecule has 64 valence electrons. The third-order valence-corrected chi connectivity index (χ3v) is 1.93. The summed E-state index contributed by atoms with van der Waals surface area (Å²) >= 11 is 2.92. The van der Waals surface area contributed by atoms with Crippen LogP contribution in [0, 0.1) is 17.0 Å². The topological polar surface area (TPSA) is 76.3 Å². The maximum Gasteiger partial charge on any atom is 0.328 e. The van der Waals surface area contributed by atoms with E-state index in [9.17, 15) is 15.2 Å². The van der Waals surface area contributed by atoms with Crippen molar-refractivity contribution in [3.63, 3.8) is 0 Å². The third kappa shape index (κ3) is 1.38. The predicted octanol–water partition coefficient (Wildman–Crippen LogP) is 1.77. The van der Waals surface area contributed by atoms with Crippen LogP contribution in [-0.2, 0) is 0 Å². The van der Waals surface area contributed by atoms with Crippen molar-refractivity contribution in [3.8, 4) is 5.75 Å². The SMILES string of the molecule is Cc1ncc(Br)c([N+](=O)[O-])c1O. The largest absolute Gasteiger partial charge is 0.501 e. The Morgan fingerprint density at radius 3 is 2.75 bits per heavy atom. The zero-order chi connectivity index (χ0) is 9.30. The lowest BCUT2D eigenvalue weighted by Gasteiger charge is -1.99. The van der Waals surface area contributed by atoms with Crippen LogP contribution >= 0.6 is 15.9 Å². The number of aromatic nitrogens is 1. The van der Waals surface area contributed by atoms with Gasteiger partial charge in [0, 0.05) is 6.20 Å². The van der Waals surface area contributed by atoms with Gasteiger partial charge in [0.25, 0.3) is 0 Å². The molecule has 0 radical (unpaired) electrons. The minimum absolute atomic E-state index is 0.176. The van der Waals surface area contributed by atoms with Crippen molar-refractivity contribution in [1.82, 2.24) is 4.98 Å². The average molecular weight is 233 g/mol. The molecule has 0 saturated heterocycles. The zero-order valence-corrected chi connectivity index (χ0v) is 7.70. The summed E-state index contributed by atoms with van der Waals surface area (Å²) < 4.78 is 0.176. The Labute approximate surface area is 76.3 Å². The van der Waals surface area contributed by atoms with Crippen LogP contribution in [0.5, 0.6) is 5.75 Å². The van der Waals surface area contributed by atoms with E-state index in [4.69, 9.17) is 0 Å². The van der Waals surface area contributed by atoms with Crippen molar-refractivity contribution in [2.24, 2.45) is 0 Å². The fourth-order valence-corrected chi connectivity index (χ4v) is 1.17. The molecule has 1 aromatic heterocycles. The Bertz CT molecular complexity index is 340. The molecule has 0 atom stereocenters. The van der Waals surface area contributed by atoms with Crippen molar-refractivity contribution < 1.29 is 10.0 Å². The van der Waals surface area contributed by atoms with Crippen molar-refractivity contribution >= 4 is 21.6 Å². The van der Waals surface area contributed by atoms with Gasteiger partial charge >= 0.3 is 5.69 Å². The standard InChI is InChI=1S/C6H5BrN2O3/c1-3-6(10)5(9(11)12)4(7)2-8-3/h2,10H,1H3. The van der Waals surface area contributed by atoms with Crippen molar-refractivity contribution in [3.05, 3.63) is 26.5 Å². The number of halogens is 1. The molecule has 1 aromatic rings. The molecule has 1 N–H and O–H groups in total. The summed E-state index contributed by atoms with van der Waals surface area (Å²) in [6, 6.07) is 0. The van der Waals surface area contributed by atoms with E-state index in [-0.39, 0.29) is 15.9 Å². The summed E-state index contributed by atoms with van der Waals surface area (Å²) in [6.45, 7) is 1.49. The van der Waals surface area contributed by atoms with E-state index < -0.39 is 10.7 Å². The van der Waals surface area contributed by atoms with Gasteiger partial charge in [-0.25, -0.2) is 0 Å². The highest BCUT2D eigenvalue weighted by Crippen LogP contribution is 2.34. The number of rotatable bonds is 1. The normalized spacial score (nSPS) is 9.83. The summed E-state index contributed by atoms with van der Waals surface area (Å²) in [5, 5.41) is 19.6. The van der Waals surface area contributed by atoms with Gasteiger partial charge in [0.1, 0.15) is 4.47 Å². The third-order valence-electron chi connectivity index (χ3n) is 1.35. The smallest absolute Gasteiger partial charge is 0.328 e. The summed E-state index contributed by atoms with van der Waals surface area (Å²) in [4.78, 5) is 13.4. The molecule has 0 fully saturated rings. The lowest BCUT2D eigenvalue weighted by atomic mass is 10.3. The number of nitrogens with zero attached hydrogens (tertiary/aromatic N) is 2. The second-order valence-corrected chi connectivity index (χ2v) is 3.00. The maximum absolute atomic E-state index is 10.4. The molecule has 12 heavy (non-hydrogen) atoms. The molecule has 0 aliphatic heterocycles. The monoisotopic (exact) mass is 232 g/mol. The Kier molecular flexibility index (Phi) is 2.27. The first-order valence-corrected chi connectivity index (χ1v) is 3.81. The van der Waals surface area contributed by atoms with Crippen LogP contribution in [0.4, 0.5) is 5.69 Å². The van der Waals surface area contributed by atoms with Gasteiger partial charge in [0.05, 0.1) is 10.6 Å². The highest BCUT2D eigenvalue weighted by atomic mass is 79.9. The molecule has 0 aliphatic rings. The van der Waals surface area contributed by atoms with Crippen LogP contribution in [0.1, 0.15) is 5.69 Å². The number of aromatic hydroxyl groups is 1. The summed E-state index contributed by atoms with van der Waals surface area (Å²) in [5.74, 6) is -0.394. The molecule has 0 spiro atoms. The number of aryl methyl sites for hydroxylation is 1. The molecule has 0 amide bonds. The molecule has 5 nitrogen and oxygen atoms in total. The fraction of sp³-hybridized carbons (Fsp3) is 0.167. The molecule has 1 rings (SSSR count). The van der Waals surface area contributed by atoms with Crippen molar-refractivity contribution in [2.75, 3.05) is 0 Å². The van der Waals surface area contributed by atoms with Crippen LogP contribution in [0.3, 0.4) is 0 Å². The van der Waals surface area contributed by atoms with Gasteiger partial charge in [-0.05, 0) is 22.9 Å². The van der Waals surface area contributed by atoms with Crippen LogP contribution in [0.25, 0.3) is 0 Å². The number of nitro groups is 1. The highest BCUT2D eigenvalue weighted by molar-refractivity contribution is 9.10. The van der Waals surface area contributed by atoms with Crippen molar-refractivity contribution in [2.45, 2.75) is 6.92 Å².